The molecule has 1 rings (SSSR count). The van der Waals surface area contributed by atoms with Gasteiger partial charge in [0, 0.05) is 30.8 Å². The number of aliphatic hydroxyl groups is 4. The fourth-order valence-electron chi connectivity index (χ4n) is 2.75. The number of likely N-dealkylation sites (N-methyl/N-ethyl adjacent to an activating group) is 2. The van der Waals surface area contributed by atoms with E-state index in [0.29, 0.717) is 16.4 Å². The molecule has 0 aliphatic rings. The Kier molecular flexibility index (Phi) is 13.2. The molecule has 0 aliphatic heterocycles. The van der Waals surface area contributed by atoms with E-state index in [0.717, 1.165) is 0 Å². The van der Waals surface area contributed by atoms with Crippen molar-refractivity contribution in [1.82, 2.24) is 9.80 Å². The van der Waals surface area contributed by atoms with Gasteiger partial charge in [-0.3, -0.25) is 14.4 Å². The Hall–Kier alpha value is -0.380. The van der Waals surface area contributed by atoms with Gasteiger partial charge in [-0.2, -0.15) is 0 Å². The van der Waals surface area contributed by atoms with Crippen molar-refractivity contribution in [3.63, 3.8) is 0 Å². The predicted molar refractivity (Wildman–Crippen MR) is 147 cm³/mol. The molecule has 11 nitrogen and oxygen atoms in total. The second-order valence-electron chi connectivity index (χ2n) is 7.21. The number of halogens is 3. The highest BCUT2D eigenvalue weighted by atomic mass is 127. The van der Waals surface area contributed by atoms with Crippen LogP contribution in [0.2, 0.25) is 0 Å². The van der Waals surface area contributed by atoms with E-state index in [4.69, 9.17) is 15.9 Å². The standard InChI is InChI=1S/C19H27I3N4O7/c1-25(5-10(30)7-27)18(32)12-14(20)13(19(33)26(2)6-11(31)8-28)16(22)17(15(12)21)24-4-9(29)3-23/h10-11,24,27-28,30-31H,3-8,23H2,1-2H3. The Balaban J connectivity index is 3.63. The number of hydrogen-bond acceptors (Lipinski definition) is 9. The zero-order chi connectivity index (χ0) is 25.5. The summed E-state index contributed by atoms with van der Waals surface area (Å²) in [4.78, 5) is 40.8. The number of aliphatic hydroxyl groups excluding tert-OH is 4. The molecule has 2 atom stereocenters. The molecule has 0 aliphatic carbocycles. The summed E-state index contributed by atoms with van der Waals surface area (Å²) < 4.78 is 1.29. The molecule has 1 aromatic rings. The second kappa shape index (κ2) is 14.2. The molecule has 0 aromatic heterocycles. The number of benzene rings is 1. The number of Topliss-reactive ketones (excluding diaryl/α,β-unsaturated/α-hetero) is 1. The third-order valence-electron chi connectivity index (χ3n) is 4.52. The van der Waals surface area contributed by atoms with E-state index < -0.39 is 37.2 Å². The lowest BCUT2D eigenvalue weighted by Crippen LogP contribution is -2.39. The van der Waals surface area contributed by atoms with Gasteiger partial charge in [0.05, 0.1) is 62.5 Å². The minimum absolute atomic E-state index is 0.109. The quantitative estimate of drug-likeness (QED) is 0.149. The molecule has 7 N–H and O–H groups in total. The molecule has 0 heterocycles. The topological polar surface area (TPSA) is 177 Å². The van der Waals surface area contributed by atoms with Crippen molar-refractivity contribution in [3.05, 3.63) is 21.8 Å². The van der Waals surface area contributed by atoms with Gasteiger partial charge in [0.1, 0.15) is 0 Å². The highest BCUT2D eigenvalue weighted by Gasteiger charge is 2.31. The summed E-state index contributed by atoms with van der Waals surface area (Å²) in [5.74, 6) is -1.26. The van der Waals surface area contributed by atoms with Gasteiger partial charge in [-0.05, 0) is 67.8 Å². The molecule has 0 saturated heterocycles. The molecular weight excluding hydrogens is 777 g/mol. The van der Waals surface area contributed by atoms with Gasteiger partial charge in [0.15, 0.2) is 5.78 Å². The summed E-state index contributed by atoms with van der Waals surface area (Å²) in [5, 5.41) is 40.7. The smallest absolute Gasteiger partial charge is 0.255 e. The van der Waals surface area contributed by atoms with Crippen molar-refractivity contribution in [2.45, 2.75) is 12.2 Å². The first-order valence-electron chi connectivity index (χ1n) is 9.65. The van der Waals surface area contributed by atoms with Gasteiger partial charge in [-0.1, -0.05) is 0 Å². The molecule has 0 saturated carbocycles. The first kappa shape index (κ1) is 30.7. The molecule has 2 unspecified atom stereocenters. The van der Waals surface area contributed by atoms with Crippen LogP contribution in [0.25, 0.3) is 0 Å². The summed E-state index contributed by atoms with van der Waals surface area (Å²) in [6.07, 6.45) is -2.27. The molecule has 186 valence electrons. The van der Waals surface area contributed by atoms with Crippen molar-refractivity contribution >= 4 is 91.1 Å². The normalized spacial score (nSPS) is 12.8. The van der Waals surface area contributed by atoms with Crippen LogP contribution in [0, 0.1) is 10.7 Å². The Labute approximate surface area is 232 Å². The lowest BCUT2D eigenvalue weighted by Gasteiger charge is -2.26. The van der Waals surface area contributed by atoms with Crippen LogP contribution in [0.1, 0.15) is 20.7 Å². The predicted octanol–water partition coefficient (Wildman–Crippen LogP) is -0.709. The molecule has 0 fully saturated rings. The van der Waals surface area contributed by atoms with Crippen molar-refractivity contribution in [2.75, 3.05) is 58.8 Å². The van der Waals surface area contributed by atoms with Gasteiger partial charge in [-0.15, -0.1) is 0 Å². The zero-order valence-electron chi connectivity index (χ0n) is 18.0. The maximum Gasteiger partial charge on any atom is 0.255 e. The number of amides is 2. The summed E-state index contributed by atoms with van der Waals surface area (Å²) in [6, 6.07) is 0. The average molecular weight is 804 g/mol. The van der Waals surface area contributed by atoms with Crippen LogP contribution in [0.3, 0.4) is 0 Å². The fourth-order valence-corrected chi connectivity index (χ4v) is 7.22. The number of nitrogens with two attached hydrogens (primary N) is 1. The van der Waals surface area contributed by atoms with Crippen LogP contribution in [-0.4, -0.2) is 114 Å². The van der Waals surface area contributed by atoms with Crippen LogP contribution in [0.15, 0.2) is 0 Å². The summed E-state index contributed by atoms with van der Waals surface area (Å²) in [6.45, 7) is -1.59. The number of nitrogens with zero attached hydrogens (tertiary/aromatic N) is 2. The van der Waals surface area contributed by atoms with E-state index in [1.54, 1.807) is 0 Å². The highest BCUT2D eigenvalue weighted by molar-refractivity contribution is 14.1. The van der Waals surface area contributed by atoms with Crippen LogP contribution < -0.4 is 11.1 Å². The van der Waals surface area contributed by atoms with Crippen LogP contribution >= 0.6 is 67.8 Å². The Morgan fingerprint density at radius 1 is 0.879 bits per heavy atom. The van der Waals surface area contributed by atoms with E-state index in [9.17, 15) is 24.6 Å². The fraction of sp³-hybridized carbons (Fsp3) is 0.526. The Morgan fingerprint density at radius 3 is 1.61 bits per heavy atom. The molecule has 2 amide bonds. The van der Waals surface area contributed by atoms with Crippen LogP contribution in [-0.2, 0) is 4.79 Å². The van der Waals surface area contributed by atoms with Gasteiger partial charge in [-0.25, -0.2) is 0 Å². The summed E-state index contributed by atoms with van der Waals surface area (Å²) in [5.41, 5.74) is 6.16. The zero-order valence-corrected chi connectivity index (χ0v) is 24.5. The average Bonchev–Trinajstić information content (AvgIpc) is 2.77. The van der Waals surface area contributed by atoms with E-state index in [1.807, 2.05) is 67.8 Å². The van der Waals surface area contributed by atoms with Crippen molar-refractivity contribution in [1.29, 1.82) is 0 Å². The molecular formula is C19H27I3N4O7. The number of nitrogens with one attached hydrogen (secondary N) is 1. The number of carbonyl (C=O) groups is 3. The van der Waals surface area contributed by atoms with Gasteiger partial charge >= 0.3 is 0 Å². The van der Waals surface area contributed by atoms with Crippen molar-refractivity contribution < 1.29 is 34.8 Å². The minimum atomic E-state index is -1.13. The first-order chi connectivity index (χ1) is 15.4. The highest BCUT2D eigenvalue weighted by Crippen LogP contribution is 2.36. The van der Waals surface area contributed by atoms with Gasteiger partial charge in [0.25, 0.3) is 11.8 Å². The molecule has 0 spiro atoms. The number of carbonyl (C=O) groups excluding carboxylic acids is 3. The second-order valence-corrected chi connectivity index (χ2v) is 10.4. The maximum atomic E-state index is 13.3. The van der Waals surface area contributed by atoms with E-state index in [1.165, 1.54) is 23.9 Å². The van der Waals surface area contributed by atoms with Gasteiger partial charge in [0.2, 0.25) is 0 Å². The molecule has 0 bridgehead atoms. The lowest BCUT2D eigenvalue weighted by molar-refractivity contribution is -0.116. The first-order valence-corrected chi connectivity index (χ1v) is 12.9. The largest absolute Gasteiger partial charge is 0.394 e. The van der Waals surface area contributed by atoms with E-state index in [2.05, 4.69) is 5.32 Å². The van der Waals surface area contributed by atoms with E-state index in [-0.39, 0.29) is 43.1 Å². The lowest BCUT2D eigenvalue weighted by atomic mass is 10.1. The minimum Gasteiger partial charge on any atom is -0.394 e. The summed E-state index contributed by atoms with van der Waals surface area (Å²) in [7, 11) is 2.92. The number of hydrogen-bond donors (Lipinski definition) is 6. The molecule has 33 heavy (non-hydrogen) atoms. The maximum absolute atomic E-state index is 13.3. The molecule has 14 heteroatoms. The Morgan fingerprint density at radius 2 is 1.27 bits per heavy atom. The molecule has 0 radical (unpaired) electrons. The van der Waals surface area contributed by atoms with Crippen molar-refractivity contribution in [3.8, 4) is 0 Å². The SMILES string of the molecule is CN(CC(O)CO)C(=O)c1c(I)c(NCC(=O)CN)c(I)c(C(=O)N(C)CC(O)CO)c1I. The number of anilines is 1. The summed E-state index contributed by atoms with van der Waals surface area (Å²) >= 11 is 5.81. The Bertz CT molecular complexity index is 830. The number of ketones is 1. The van der Waals surface area contributed by atoms with Crippen LogP contribution in [0.4, 0.5) is 5.69 Å². The molecule has 1 aromatic carbocycles. The van der Waals surface area contributed by atoms with Crippen molar-refractivity contribution in [2.24, 2.45) is 5.73 Å². The van der Waals surface area contributed by atoms with Gasteiger partial charge < -0.3 is 41.3 Å². The monoisotopic (exact) mass is 804 g/mol. The number of rotatable bonds is 12. The third-order valence-corrected chi connectivity index (χ3v) is 7.76. The van der Waals surface area contributed by atoms with E-state index >= 15 is 0 Å². The van der Waals surface area contributed by atoms with Crippen LogP contribution in [0.5, 0.6) is 0 Å². The third kappa shape index (κ3) is 8.07.